The molecule has 0 saturated carbocycles. The second kappa shape index (κ2) is 5.25. The Labute approximate surface area is 106 Å². The summed E-state index contributed by atoms with van der Waals surface area (Å²) < 4.78 is 5.37. The van der Waals surface area contributed by atoms with Crippen LogP contribution in [0.3, 0.4) is 0 Å². The molecule has 0 spiro atoms. The third-order valence-corrected chi connectivity index (χ3v) is 3.38. The van der Waals surface area contributed by atoms with Crippen LogP contribution in [0.2, 0.25) is 0 Å². The van der Waals surface area contributed by atoms with Crippen LogP contribution in [0.25, 0.3) is 0 Å². The molecule has 17 heavy (non-hydrogen) atoms. The molecule has 1 rings (SSSR count). The molecule has 0 unspecified atom stereocenters. The second-order valence-corrected chi connectivity index (χ2v) is 7.45. The Morgan fingerprint density at radius 1 is 1.12 bits per heavy atom. The van der Waals surface area contributed by atoms with Crippen molar-refractivity contribution >= 4 is 0 Å². The standard InChI is InChI=1S/C14H30N2O/c1-12(2,3)10-13(4,5)16-11-14(15)6-8-17-9-7-14/h16H,6-11,15H2,1-5H3. The summed E-state index contributed by atoms with van der Waals surface area (Å²) in [5.41, 5.74) is 6.79. The molecule has 102 valence electrons. The van der Waals surface area contributed by atoms with Gasteiger partial charge in [0, 0.05) is 30.8 Å². The average molecular weight is 242 g/mol. The molecule has 0 radical (unpaired) electrons. The summed E-state index contributed by atoms with van der Waals surface area (Å²) in [6.45, 7) is 13.9. The molecule has 0 aromatic carbocycles. The maximum absolute atomic E-state index is 6.39. The fourth-order valence-electron chi connectivity index (χ4n) is 2.76. The summed E-state index contributed by atoms with van der Waals surface area (Å²) in [7, 11) is 0. The summed E-state index contributed by atoms with van der Waals surface area (Å²) in [5, 5.41) is 3.65. The van der Waals surface area contributed by atoms with E-state index < -0.39 is 0 Å². The molecule has 1 fully saturated rings. The molecule has 1 heterocycles. The quantitative estimate of drug-likeness (QED) is 0.795. The molecule has 0 aromatic heterocycles. The van der Waals surface area contributed by atoms with Crippen molar-refractivity contribution in [3.05, 3.63) is 0 Å². The Hall–Kier alpha value is -0.120. The number of ether oxygens (including phenoxy) is 1. The van der Waals surface area contributed by atoms with E-state index in [0.29, 0.717) is 5.41 Å². The lowest BCUT2D eigenvalue weighted by molar-refractivity contribution is 0.0494. The molecular weight excluding hydrogens is 212 g/mol. The van der Waals surface area contributed by atoms with Gasteiger partial charge >= 0.3 is 0 Å². The highest BCUT2D eigenvalue weighted by atomic mass is 16.5. The fourth-order valence-corrected chi connectivity index (χ4v) is 2.76. The van der Waals surface area contributed by atoms with E-state index in [1.165, 1.54) is 0 Å². The van der Waals surface area contributed by atoms with E-state index >= 15 is 0 Å². The van der Waals surface area contributed by atoms with Gasteiger partial charge in [0.05, 0.1) is 0 Å². The van der Waals surface area contributed by atoms with Crippen LogP contribution in [0, 0.1) is 5.41 Å². The van der Waals surface area contributed by atoms with Gasteiger partial charge in [0.15, 0.2) is 0 Å². The van der Waals surface area contributed by atoms with Gasteiger partial charge in [-0.1, -0.05) is 20.8 Å². The maximum atomic E-state index is 6.39. The smallest absolute Gasteiger partial charge is 0.0484 e. The highest BCUT2D eigenvalue weighted by molar-refractivity contribution is 4.92. The van der Waals surface area contributed by atoms with E-state index in [4.69, 9.17) is 10.5 Å². The summed E-state index contributed by atoms with van der Waals surface area (Å²) in [4.78, 5) is 0. The zero-order chi connectivity index (χ0) is 13.2. The van der Waals surface area contributed by atoms with Gasteiger partial charge in [0.1, 0.15) is 0 Å². The normalized spacial score (nSPS) is 21.5. The number of hydrogen-bond acceptors (Lipinski definition) is 3. The van der Waals surface area contributed by atoms with Gasteiger partial charge in [-0.15, -0.1) is 0 Å². The molecule has 0 aromatic rings. The predicted octanol–water partition coefficient (Wildman–Crippen LogP) is 2.30. The first-order chi connectivity index (χ1) is 7.62. The van der Waals surface area contributed by atoms with Crippen molar-refractivity contribution in [2.75, 3.05) is 19.8 Å². The molecule has 1 aliphatic rings. The minimum atomic E-state index is -0.0760. The largest absolute Gasteiger partial charge is 0.381 e. The second-order valence-electron chi connectivity index (χ2n) is 7.45. The third-order valence-electron chi connectivity index (χ3n) is 3.38. The van der Waals surface area contributed by atoms with Crippen LogP contribution in [0.5, 0.6) is 0 Å². The summed E-state index contributed by atoms with van der Waals surface area (Å²) >= 11 is 0. The number of nitrogens with one attached hydrogen (secondary N) is 1. The topological polar surface area (TPSA) is 47.3 Å². The number of rotatable bonds is 4. The number of nitrogens with two attached hydrogens (primary N) is 1. The lowest BCUT2D eigenvalue weighted by Crippen LogP contribution is -2.57. The lowest BCUT2D eigenvalue weighted by Gasteiger charge is -2.39. The van der Waals surface area contributed by atoms with E-state index in [-0.39, 0.29) is 11.1 Å². The minimum Gasteiger partial charge on any atom is -0.381 e. The van der Waals surface area contributed by atoms with E-state index in [9.17, 15) is 0 Å². The third kappa shape index (κ3) is 5.84. The molecule has 1 saturated heterocycles. The van der Waals surface area contributed by atoms with Gasteiger partial charge < -0.3 is 15.8 Å². The summed E-state index contributed by atoms with van der Waals surface area (Å²) in [6.07, 6.45) is 3.07. The highest BCUT2D eigenvalue weighted by Crippen LogP contribution is 2.27. The van der Waals surface area contributed by atoms with Gasteiger partial charge in [-0.2, -0.15) is 0 Å². The van der Waals surface area contributed by atoms with E-state index in [1.807, 2.05) is 0 Å². The minimum absolute atomic E-state index is 0.0760. The SMILES string of the molecule is CC(C)(C)CC(C)(C)NCC1(N)CCOCC1. The van der Waals surface area contributed by atoms with Gasteiger partial charge in [-0.05, 0) is 38.5 Å². The summed E-state index contributed by atoms with van der Waals surface area (Å²) in [6, 6.07) is 0. The van der Waals surface area contributed by atoms with Crippen LogP contribution in [0.15, 0.2) is 0 Å². The summed E-state index contributed by atoms with van der Waals surface area (Å²) in [5.74, 6) is 0. The first kappa shape index (κ1) is 14.9. The molecular formula is C14H30N2O. The van der Waals surface area contributed by atoms with E-state index in [2.05, 4.69) is 39.9 Å². The van der Waals surface area contributed by atoms with Crippen molar-refractivity contribution in [1.29, 1.82) is 0 Å². The van der Waals surface area contributed by atoms with E-state index in [1.54, 1.807) is 0 Å². The van der Waals surface area contributed by atoms with Crippen molar-refractivity contribution in [2.45, 2.75) is 65.0 Å². The predicted molar refractivity (Wildman–Crippen MR) is 73.1 cm³/mol. The van der Waals surface area contributed by atoms with Crippen molar-refractivity contribution in [2.24, 2.45) is 11.1 Å². The van der Waals surface area contributed by atoms with E-state index in [0.717, 1.165) is 39.0 Å². The van der Waals surface area contributed by atoms with Crippen molar-refractivity contribution in [3.63, 3.8) is 0 Å². The van der Waals surface area contributed by atoms with Crippen LogP contribution in [0.1, 0.15) is 53.9 Å². The van der Waals surface area contributed by atoms with Gasteiger partial charge in [-0.25, -0.2) is 0 Å². The van der Waals surface area contributed by atoms with Gasteiger partial charge in [0.25, 0.3) is 0 Å². The number of hydrogen-bond donors (Lipinski definition) is 2. The van der Waals surface area contributed by atoms with Crippen LogP contribution >= 0.6 is 0 Å². The Kier molecular flexibility index (Phi) is 4.61. The Morgan fingerprint density at radius 3 is 2.12 bits per heavy atom. The molecule has 0 amide bonds. The zero-order valence-corrected chi connectivity index (χ0v) is 12.2. The van der Waals surface area contributed by atoms with Crippen LogP contribution in [0.4, 0.5) is 0 Å². The average Bonchev–Trinajstić information content (AvgIpc) is 2.13. The first-order valence-corrected chi connectivity index (χ1v) is 6.74. The Morgan fingerprint density at radius 2 is 1.65 bits per heavy atom. The molecule has 0 bridgehead atoms. The van der Waals surface area contributed by atoms with Crippen LogP contribution < -0.4 is 11.1 Å². The lowest BCUT2D eigenvalue weighted by atomic mass is 9.81. The monoisotopic (exact) mass is 242 g/mol. The molecule has 1 aliphatic heterocycles. The Balaban J connectivity index is 2.42. The zero-order valence-electron chi connectivity index (χ0n) is 12.2. The Bertz CT molecular complexity index is 237. The van der Waals surface area contributed by atoms with Crippen LogP contribution in [-0.2, 0) is 4.74 Å². The maximum Gasteiger partial charge on any atom is 0.0484 e. The molecule has 3 N–H and O–H groups in total. The molecule has 3 nitrogen and oxygen atoms in total. The van der Waals surface area contributed by atoms with Gasteiger partial charge in [-0.3, -0.25) is 0 Å². The van der Waals surface area contributed by atoms with Crippen molar-refractivity contribution < 1.29 is 4.74 Å². The highest BCUT2D eigenvalue weighted by Gasteiger charge is 2.31. The molecule has 3 heteroatoms. The molecule has 0 atom stereocenters. The van der Waals surface area contributed by atoms with Crippen LogP contribution in [-0.4, -0.2) is 30.8 Å². The van der Waals surface area contributed by atoms with Crippen molar-refractivity contribution in [3.8, 4) is 0 Å². The van der Waals surface area contributed by atoms with Gasteiger partial charge in [0.2, 0.25) is 0 Å². The fraction of sp³-hybridized carbons (Fsp3) is 1.00. The first-order valence-electron chi connectivity index (χ1n) is 6.74. The van der Waals surface area contributed by atoms with Crippen molar-refractivity contribution in [1.82, 2.24) is 5.32 Å². The molecule has 0 aliphatic carbocycles.